The minimum atomic E-state index is -0.326. The summed E-state index contributed by atoms with van der Waals surface area (Å²) in [5.74, 6) is 0.162. The van der Waals surface area contributed by atoms with Crippen LogP contribution in [0.1, 0.15) is 35.2 Å². The van der Waals surface area contributed by atoms with Crippen molar-refractivity contribution in [2.24, 2.45) is 0 Å². The third-order valence-electron chi connectivity index (χ3n) is 4.18. The minimum Gasteiger partial charge on any atom is -0.325 e. The van der Waals surface area contributed by atoms with Gasteiger partial charge in [-0.25, -0.2) is 4.79 Å². The molecular weight excluding hydrogens is 322 g/mol. The largest absolute Gasteiger partial charge is 0.346 e. The Morgan fingerprint density at radius 3 is 2.88 bits per heavy atom. The van der Waals surface area contributed by atoms with Gasteiger partial charge in [0.15, 0.2) is 0 Å². The van der Waals surface area contributed by atoms with E-state index in [1.807, 2.05) is 32.0 Å². The van der Waals surface area contributed by atoms with E-state index in [0.29, 0.717) is 5.03 Å². The smallest absolute Gasteiger partial charge is 0.325 e. The maximum Gasteiger partial charge on any atom is 0.346 e. The fourth-order valence-corrected chi connectivity index (χ4v) is 3.88. The predicted molar refractivity (Wildman–Crippen MR) is 96.8 cm³/mol. The molecule has 6 heteroatoms. The first-order valence-corrected chi connectivity index (χ1v) is 9.13. The summed E-state index contributed by atoms with van der Waals surface area (Å²) < 4.78 is 0. The molecule has 0 atom stereocenters. The number of hydrogen-bond donors (Lipinski definition) is 2. The standard InChI is InChI=1S/C18H21N3O2S/c1-11-7-8-14(12(2)9-11)19-16(22)10-24-17-13-5-3-4-6-15(13)20-18(23)21-17/h7-9H,3-6,10H2,1-2H3,(H,19,22)(H,20,21,23). The van der Waals surface area contributed by atoms with Crippen molar-refractivity contribution in [1.82, 2.24) is 9.97 Å². The monoisotopic (exact) mass is 343 g/mol. The summed E-state index contributed by atoms with van der Waals surface area (Å²) >= 11 is 1.34. The number of thioether (sulfide) groups is 1. The van der Waals surface area contributed by atoms with Crippen LogP contribution in [-0.4, -0.2) is 21.6 Å². The molecule has 0 fully saturated rings. The molecule has 1 aromatic heterocycles. The lowest BCUT2D eigenvalue weighted by Crippen LogP contribution is -2.21. The summed E-state index contributed by atoms with van der Waals surface area (Å²) in [5.41, 5.74) is 4.79. The Hall–Kier alpha value is -2.08. The van der Waals surface area contributed by atoms with Gasteiger partial charge in [-0.3, -0.25) is 4.79 Å². The highest BCUT2D eigenvalue weighted by atomic mass is 32.2. The number of aromatic nitrogens is 2. The molecule has 0 spiro atoms. The van der Waals surface area contributed by atoms with Crippen molar-refractivity contribution in [3.63, 3.8) is 0 Å². The number of aryl methyl sites for hydroxylation is 3. The molecule has 0 radical (unpaired) electrons. The fraction of sp³-hybridized carbons (Fsp3) is 0.389. The lowest BCUT2D eigenvalue weighted by molar-refractivity contribution is -0.113. The second-order valence-corrected chi connectivity index (χ2v) is 7.13. The molecular formula is C18H21N3O2S. The van der Waals surface area contributed by atoms with Gasteiger partial charge in [0.25, 0.3) is 0 Å². The Kier molecular flexibility index (Phi) is 5.04. The summed E-state index contributed by atoms with van der Waals surface area (Å²) in [6.45, 7) is 4.00. The van der Waals surface area contributed by atoms with Gasteiger partial charge in [-0.1, -0.05) is 29.5 Å². The van der Waals surface area contributed by atoms with E-state index in [4.69, 9.17) is 0 Å². The van der Waals surface area contributed by atoms with E-state index in [0.717, 1.165) is 48.2 Å². The number of rotatable bonds is 4. The van der Waals surface area contributed by atoms with Crippen LogP contribution in [0.5, 0.6) is 0 Å². The van der Waals surface area contributed by atoms with Crippen molar-refractivity contribution in [2.45, 2.75) is 44.6 Å². The Morgan fingerprint density at radius 2 is 2.08 bits per heavy atom. The first-order chi connectivity index (χ1) is 11.5. The van der Waals surface area contributed by atoms with E-state index in [-0.39, 0.29) is 17.3 Å². The van der Waals surface area contributed by atoms with Gasteiger partial charge in [0.2, 0.25) is 5.91 Å². The molecule has 5 nitrogen and oxygen atoms in total. The van der Waals surface area contributed by atoms with Gasteiger partial charge >= 0.3 is 5.69 Å². The number of fused-ring (bicyclic) bond motifs is 1. The number of H-pyrrole nitrogens is 1. The number of nitrogens with zero attached hydrogens (tertiary/aromatic N) is 1. The average molecular weight is 343 g/mol. The van der Waals surface area contributed by atoms with Gasteiger partial charge in [-0.2, -0.15) is 4.98 Å². The number of amides is 1. The topological polar surface area (TPSA) is 74.8 Å². The van der Waals surface area contributed by atoms with Crippen LogP contribution in [0.4, 0.5) is 5.69 Å². The first-order valence-electron chi connectivity index (χ1n) is 8.15. The van der Waals surface area contributed by atoms with E-state index in [2.05, 4.69) is 15.3 Å². The molecule has 1 aromatic carbocycles. The Labute approximate surface area is 145 Å². The second-order valence-electron chi connectivity index (χ2n) is 6.17. The van der Waals surface area contributed by atoms with Gasteiger partial charge in [0.1, 0.15) is 5.03 Å². The zero-order valence-electron chi connectivity index (χ0n) is 13.9. The van der Waals surface area contributed by atoms with Crippen LogP contribution < -0.4 is 11.0 Å². The third kappa shape index (κ3) is 3.87. The summed E-state index contributed by atoms with van der Waals surface area (Å²) in [4.78, 5) is 30.8. The highest BCUT2D eigenvalue weighted by molar-refractivity contribution is 8.00. The molecule has 24 heavy (non-hydrogen) atoms. The zero-order chi connectivity index (χ0) is 17.1. The van der Waals surface area contributed by atoms with Gasteiger partial charge in [0.05, 0.1) is 5.75 Å². The lowest BCUT2D eigenvalue weighted by atomic mass is 9.98. The van der Waals surface area contributed by atoms with E-state index < -0.39 is 0 Å². The number of carbonyl (C=O) groups excluding carboxylic acids is 1. The Balaban J connectivity index is 1.68. The summed E-state index contributed by atoms with van der Waals surface area (Å²) in [6.07, 6.45) is 3.99. The molecule has 126 valence electrons. The summed E-state index contributed by atoms with van der Waals surface area (Å²) in [6, 6.07) is 5.93. The molecule has 2 N–H and O–H groups in total. The molecule has 1 aliphatic rings. The van der Waals surface area contributed by atoms with Crippen molar-refractivity contribution in [3.8, 4) is 0 Å². The minimum absolute atomic E-state index is 0.0846. The first kappa shape index (κ1) is 16.8. The van der Waals surface area contributed by atoms with E-state index in [9.17, 15) is 9.59 Å². The van der Waals surface area contributed by atoms with Crippen LogP contribution >= 0.6 is 11.8 Å². The number of hydrogen-bond acceptors (Lipinski definition) is 4. The highest BCUT2D eigenvalue weighted by Gasteiger charge is 2.17. The van der Waals surface area contributed by atoms with Crippen molar-refractivity contribution in [1.29, 1.82) is 0 Å². The number of benzene rings is 1. The molecule has 3 rings (SSSR count). The van der Waals surface area contributed by atoms with Crippen LogP contribution in [-0.2, 0) is 17.6 Å². The van der Waals surface area contributed by atoms with Crippen molar-refractivity contribution in [2.75, 3.05) is 11.1 Å². The molecule has 0 saturated carbocycles. The zero-order valence-corrected chi connectivity index (χ0v) is 14.8. The number of nitrogens with one attached hydrogen (secondary N) is 2. The number of carbonyl (C=O) groups is 1. The second kappa shape index (κ2) is 7.21. The molecule has 2 aromatic rings. The van der Waals surface area contributed by atoms with Crippen LogP contribution in [0.2, 0.25) is 0 Å². The van der Waals surface area contributed by atoms with Crippen molar-refractivity contribution >= 4 is 23.4 Å². The molecule has 1 heterocycles. The van der Waals surface area contributed by atoms with Crippen LogP contribution in [0.3, 0.4) is 0 Å². The van der Waals surface area contributed by atoms with E-state index >= 15 is 0 Å². The Bertz CT molecular complexity index is 829. The molecule has 0 saturated heterocycles. The van der Waals surface area contributed by atoms with E-state index in [1.54, 1.807) is 0 Å². The van der Waals surface area contributed by atoms with Gasteiger partial charge in [-0.05, 0) is 51.2 Å². The lowest BCUT2D eigenvalue weighted by Gasteiger charge is -2.17. The van der Waals surface area contributed by atoms with Crippen LogP contribution in [0.15, 0.2) is 28.0 Å². The predicted octanol–water partition coefficient (Wildman–Crippen LogP) is 3.00. The van der Waals surface area contributed by atoms with Gasteiger partial charge < -0.3 is 10.3 Å². The normalized spacial score (nSPS) is 13.4. The quantitative estimate of drug-likeness (QED) is 0.661. The van der Waals surface area contributed by atoms with E-state index in [1.165, 1.54) is 17.3 Å². The fourth-order valence-electron chi connectivity index (χ4n) is 2.99. The van der Waals surface area contributed by atoms with Crippen molar-refractivity contribution < 1.29 is 4.79 Å². The van der Waals surface area contributed by atoms with Gasteiger partial charge in [0, 0.05) is 16.9 Å². The SMILES string of the molecule is Cc1ccc(NC(=O)CSc2nc(=O)[nH]c3c2CCCC3)c(C)c1. The third-order valence-corrected chi connectivity index (χ3v) is 5.20. The average Bonchev–Trinajstić information content (AvgIpc) is 2.55. The molecule has 0 unspecified atom stereocenters. The molecule has 0 aliphatic heterocycles. The van der Waals surface area contributed by atoms with Gasteiger partial charge in [-0.15, -0.1) is 0 Å². The van der Waals surface area contributed by atoms with Crippen molar-refractivity contribution in [3.05, 3.63) is 51.1 Å². The molecule has 1 amide bonds. The molecule has 0 bridgehead atoms. The maximum atomic E-state index is 12.2. The van der Waals surface area contributed by atoms with Crippen LogP contribution in [0, 0.1) is 13.8 Å². The maximum absolute atomic E-state index is 12.2. The summed E-state index contributed by atoms with van der Waals surface area (Å²) in [5, 5.41) is 3.63. The number of anilines is 1. The van der Waals surface area contributed by atoms with Crippen LogP contribution in [0.25, 0.3) is 0 Å². The summed E-state index contributed by atoms with van der Waals surface area (Å²) in [7, 11) is 0. The highest BCUT2D eigenvalue weighted by Crippen LogP contribution is 2.27. The molecule has 1 aliphatic carbocycles. The Morgan fingerprint density at radius 1 is 1.29 bits per heavy atom. The number of aromatic amines is 1.